The molecule has 134 valence electrons. The average molecular weight is 367 g/mol. The molecule has 0 spiro atoms. The molecule has 6 heteroatoms. The summed E-state index contributed by atoms with van der Waals surface area (Å²) in [7, 11) is 1.78. The highest BCUT2D eigenvalue weighted by atomic mass is 32.1. The van der Waals surface area contributed by atoms with Gasteiger partial charge in [0, 0.05) is 7.05 Å². The summed E-state index contributed by atoms with van der Waals surface area (Å²) in [6.07, 6.45) is 2.50. The summed E-state index contributed by atoms with van der Waals surface area (Å²) < 4.78 is 0.624. The maximum atomic E-state index is 13.1. The number of benzene rings is 1. The fourth-order valence-corrected chi connectivity index (χ4v) is 4.55. The number of carbonyl (C=O) groups excluding carboxylic acids is 1. The van der Waals surface area contributed by atoms with Crippen LogP contribution in [0.15, 0.2) is 40.5 Å². The number of aryl methyl sites for hydroxylation is 1. The topological polar surface area (TPSA) is 66.1 Å². The van der Waals surface area contributed by atoms with Crippen molar-refractivity contribution in [2.24, 2.45) is 5.41 Å². The van der Waals surface area contributed by atoms with Crippen molar-refractivity contribution in [2.75, 3.05) is 7.05 Å². The molecule has 4 rings (SSSR count). The first-order chi connectivity index (χ1) is 12.5. The number of aromatic nitrogens is 2. The van der Waals surface area contributed by atoms with Gasteiger partial charge in [-0.25, -0.2) is 4.98 Å². The number of fused-ring (bicyclic) bond motifs is 2. The molecule has 26 heavy (non-hydrogen) atoms. The van der Waals surface area contributed by atoms with E-state index < -0.39 is 5.41 Å². The second-order valence-corrected chi connectivity index (χ2v) is 8.23. The van der Waals surface area contributed by atoms with Gasteiger partial charge in [0.2, 0.25) is 5.91 Å². The highest BCUT2D eigenvalue weighted by Gasteiger charge is 2.38. The number of hydrogen-bond acceptors (Lipinski definition) is 4. The SMILES string of the molecule is CN(Cc1nc2ccsc2c(=O)[nH]1)C(=O)C1(C)CCc2ccccc2C1. The molecular weight excluding hydrogens is 346 g/mol. The van der Waals surface area contributed by atoms with Crippen molar-refractivity contribution in [1.29, 1.82) is 0 Å². The molecule has 0 bridgehead atoms. The molecule has 0 aliphatic heterocycles. The predicted octanol–water partition coefficient (Wildman–Crippen LogP) is 3.14. The molecule has 0 radical (unpaired) electrons. The third kappa shape index (κ3) is 2.94. The molecule has 1 aliphatic rings. The van der Waals surface area contributed by atoms with Crippen molar-refractivity contribution in [1.82, 2.24) is 14.9 Å². The lowest BCUT2D eigenvalue weighted by molar-refractivity contribution is -0.141. The van der Waals surface area contributed by atoms with E-state index in [1.165, 1.54) is 22.5 Å². The van der Waals surface area contributed by atoms with Gasteiger partial charge in [-0.05, 0) is 41.8 Å². The quantitative estimate of drug-likeness (QED) is 0.773. The minimum Gasteiger partial charge on any atom is -0.338 e. The Morgan fingerprint density at radius 1 is 1.31 bits per heavy atom. The lowest BCUT2D eigenvalue weighted by Crippen LogP contribution is -2.43. The Kier molecular flexibility index (Phi) is 4.15. The predicted molar refractivity (Wildman–Crippen MR) is 103 cm³/mol. The highest BCUT2D eigenvalue weighted by Crippen LogP contribution is 2.36. The first-order valence-corrected chi connectivity index (χ1v) is 9.63. The van der Waals surface area contributed by atoms with Crippen LogP contribution in [0.25, 0.3) is 10.2 Å². The Labute approximate surface area is 155 Å². The summed E-state index contributed by atoms with van der Waals surface area (Å²) in [6, 6.07) is 10.2. The lowest BCUT2D eigenvalue weighted by Gasteiger charge is -2.36. The number of nitrogens with zero attached hydrogens (tertiary/aromatic N) is 2. The zero-order chi connectivity index (χ0) is 18.3. The first kappa shape index (κ1) is 17.0. The summed E-state index contributed by atoms with van der Waals surface area (Å²) >= 11 is 1.38. The van der Waals surface area contributed by atoms with Gasteiger partial charge in [-0.2, -0.15) is 0 Å². The molecule has 0 saturated carbocycles. The minimum atomic E-state index is -0.421. The van der Waals surface area contributed by atoms with E-state index in [0.717, 1.165) is 19.3 Å². The minimum absolute atomic E-state index is 0.0973. The maximum Gasteiger partial charge on any atom is 0.268 e. The van der Waals surface area contributed by atoms with Crippen molar-refractivity contribution in [3.8, 4) is 0 Å². The van der Waals surface area contributed by atoms with Gasteiger partial charge >= 0.3 is 0 Å². The van der Waals surface area contributed by atoms with Crippen LogP contribution in [0.3, 0.4) is 0 Å². The van der Waals surface area contributed by atoms with E-state index >= 15 is 0 Å². The van der Waals surface area contributed by atoms with Crippen molar-refractivity contribution in [2.45, 2.75) is 32.7 Å². The van der Waals surface area contributed by atoms with Crippen LogP contribution in [0.1, 0.15) is 30.3 Å². The number of thiophene rings is 1. The molecule has 1 unspecified atom stereocenters. The van der Waals surface area contributed by atoms with Gasteiger partial charge in [0.05, 0.1) is 17.5 Å². The summed E-state index contributed by atoms with van der Waals surface area (Å²) in [5, 5.41) is 1.85. The maximum absolute atomic E-state index is 13.1. The number of aromatic amines is 1. The van der Waals surface area contributed by atoms with E-state index in [1.807, 2.05) is 24.4 Å². The average Bonchev–Trinajstić information content (AvgIpc) is 3.10. The monoisotopic (exact) mass is 367 g/mol. The number of H-pyrrole nitrogens is 1. The van der Waals surface area contributed by atoms with Gasteiger partial charge in [-0.3, -0.25) is 9.59 Å². The van der Waals surface area contributed by atoms with E-state index in [0.29, 0.717) is 22.6 Å². The largest absolute Gasteiger partial charge is 0.338 e. The summed E-state index contributed by atoms with van der Waals surface area (Å²) in [4.78, 5) is 34.2. The van der Waals surface area contributed by atoms with Crippen molar-refractivity contribution >= 4 is 27.5 Å². The third-order valence-corrected chi connectivity index (χ3v) is 6.16. The summed E-state index contributed by atoms with van der Waals surface area (Å²) in [5.74, 6) is 0.622. The molecule has 2 aromatic heterocycles. The third-order valence-electron chi connectivity index (χ3n) is 5.26. The molecule has 0 fully saturated rings. The second-order valence-electron chi connectivity index (χ2n) is 7.31. The second kappa shape index (κ2) is 6.36. The molecule has 1 aliphatic carbocycles. The molecule has 3 aromatic rings. The van der Waals surface area contributed by atoms with E-state index in [9.17, 15) is 9.59 Å². The molecule has 1 atom stereocenters. The van der Waals surface area contributed by atoms with E-state index in [-0.39, 0.29) is 11.5 Å². The van der Waals surface area contributed by atoms with Gasteiger partial charge in [-0.1, -0.05) is 31.2 Å². The lowest BCUT2D eigenvalue weighted by atomic mass is 9.72. The molecular formula is C20H21N3O2S. The number of nitrogens with one attached hydrogen (secondary N) is 1. The number of amides is 1. The van der Waals surface area contributed by atoms with E-state index in [2.05, 4.69) is 28.2 Å². The standard InChI is InChI=1S/C20H21N3O2S/c1-20(9-7-13-5-3-4-6-14(13)11-20)19(25)23(2)12-16-21-15-8-10-26-17(15)18(24)22-16/h3-6,8,10H,7,9,11-12H2,1-2H3,(H,21,22,24). The van der Waals surface area contributed by atoms with Gasteiger partial charge in [0.15, 0.2) is 0 Å². The molecule has 5 nitrogen and oxygen atoms in total. The van der Waals surface area contributed by atoms with Crippen molar-refractivity contribution in [3.05, 3.63) is 63.0 Å². The Morgan fingerprint density at radius 2 is 2.08 bits per heavy atom. The van der Waals surface area contributed by atoms with E-state index in [1.54, 1.807) is 11.9 Å². The van der Waals surface area contributed by atoms with Crippen LogP contribution in [0.2, 0.25) is 0 Å². The normalized spacial score (nSPS) is 19.3. The van der Waals surface area contributed by atoms with Crippen LogP contribution in [-0.4, -0.2) is 27.8 Å². The van der Waals surface area contributed by atoms with Crippen LogP contribution >= 0.6 is 11.3 Å². The molecule has 0 saturated heterocycles. The van der Waals surface area contributed by atoms with Crippen LogP contribution < -0.4 is 5.56 Å². The van der Waals surface area contributed by atoms with Crippen LogP contribution in [0.5, 0.6) is 0 Å². The Balaban J connectivity index is 1.55. The van der Waals surface area contributed by atoms with Crippen LogP contribution in [0.4, 0.5) is 0 Å². The van der Waals surface area contributed by atoms with Gasteiger partial charge < -0.3 is 9.88 Å². The van der Waals surface area contributed by atoms with Crippen LogP contribution in [-0.2, 0) is 24.2 Å². The fraction of sp³-hybridized carbons (Fsp3) is 0.350. The van der Waals surface area contributed by atoms with E-state index in [4.69, 9.17) is 0 Å². The summed E-state index contributed by atoms with van der Waals surface area (Å²) in [6.45, 7) is 2.34. The van der Waals surface area contributed by atoms with Gasteiger partial charge in [0.1, 0.15) is 10.5 Å². The number of carbonyl (C=O) groups is 1. The molecule has 1 N–H and O–H groups in total. The number of rotatable bonds is 3. The van der Waals surface area contributed by atoms with Crippen LogP contribution in [0, 0.1) is 5.41 Å². The van der Waals surface area contributed by atoms with Gasteiger partial charge in [0.25, 0.3) is 5.56 Å². The highest BCUT2D eigenvalue weighted by molar-refractivity contribution is 7.17. The fourth-order valence-electron chi connectivity index (χ4n) is 3.83. The smallest absolute Gasteiger partial charge is 0.268 e. The Bertz CT molecular complexity index is 1040. The summed E-state index contributed by atoms with van der Waals surface area (Å²) in [5.41, 5.74) is 2.73. The molecule has 1 aromatic carbocycles. The Morgan fingerprint density at radius 3 is 2.88 bits per heavy atom. The first-order valence-electron chi connectivity index (χ1n) is 8.75. The van der Waals surface area contributed by atoms with Crippen molar-refractivity contribution < 1.29 is 4.79 Å². The zero-order valence-corrected chi connectivity index (χ0v) is 15.7. The van der Waals surface area contributed by atoms with Gasteiger partial charge in [-0.15, -0.1) is 11.3 Å². The Hall–Kier alpha value is -2.47. The zero-order valence-electron chi connectivity index (χ0n) is 14.9. The molecule has 2 heterocycles. The number of hydrogen-bond donors (Lipinski definition) is 1. The molecule has 1 amide bonds. The van der Waals surface area contributed by atoms with Crippen molar-refractivity contribution in [3.63, 3.8) is 0 Å².